The van der Waals surface area contributed by atoms with Crippen molar-refractivity contribution in [2.75, 3.05) is 0 Å². The van der Waals surface area contributed by atoms with Crippen LogP contribution in [0.3, 0.4) is 0 Å². The Morgan fingerprint density at radius 2 is 0.688 bits per heavy atom. The van der Waals surface area contributed by atoms with Gasteiger partial charge < -0.3 is 22.2 Å². The fraction of sp³-hybridized carbons (Fsp3) is 0.107. The molecule has 0 aromatic heterocycles. The van der Waals surface area contributed by atoms with Crippen molar-refractivity contribution >= 4 is 0 Å². The Morgan fingerprint density at radius 3 is 0.812 bits per heavy atom. The van der Waals surface area contributed by atoms with Crippen LogP contribution in [0.4, 0.5) is 0 Å². The standard InChI is InChI=1S/C10H13.3C6H6O.Hf/c1-10(2,3)9-7-5-4-6-8-9;3*7-6-4-2-1-3-5-6;/h4-8H,1H2,2-3H3;3*1-5,7H;/q-1;;;;. The molecule has 0 aliphatic heterocycles. The number of aromatic hydroxyl groups is 3. The number of phenols is 3. The molecular formula is C28H31HfO3-. The summed E-state index contributed by atoms with van der Waals surface area (Å²) >= 11 is 0. The van der Waals surface area contributed by atoms with Gasteiger partial charge in [0.25, 0.3) is 0 Å². The number of para-hydroxylation sites is 3. The second kappa shape index (κ2) is 16.8. The van der Waals surface area contributed by atoms with E-state index in [0.717, 1.165) is 0 Å². The summed E-state index contributed by atoms with van der Waals surface area (Å²) in [5, 5.41) is 25.9. The molecule has 3 nitrogen and oxygen atoms in total. The number of phenolic OH excluding ortho intramolecular Hbond substituents is 3. The number of hydrogen-bond acceptors (Lipinski definition) is 3. The summed E-state index contributed by atoms with van der Waals surface area (Å²) < 4.78 is 0. The van der Waals surface area contributed by atoms with Crippen LogP contribution in [0.5, 0.6) is 17.2 Å². The minimum atomic E-state index is 0. The van der Waals surface area contributed by atoms with Crippen molar-refractivity contribution in [2.24, 2.45) is 0 Å². The van der Waals surface area contributed by atoms with Gasteiger partial charge in [-0.15, -0.1) is 5.41 Å². The maximum absolute atomic E-state index is 8.63. The topological polar surface area (TPSA) is 60.7 Å². The molecule has 0 fully saturated rings. The minimum absolute atomic E-state index is 0. The normalized spacial score (nSPS) is 9.22. The summed E-state index contributed by atoms with van der Waals surface area (Å²) in [6, 6.07) is 36.5. The Morgan fingerprint density at radius 1 is 0.469 bits per heavy atom. The van der Waals surface area contributed by atoms with Crippen molar-refractivity contribution in [3.8, 4) is 17.2 Å². The van der Waals surface area contributed by atoms with Gasteiger partial charge in [-0.25, -0.2) is 0 Å². The van der Waals surface area contributed by atoms with Crippen molar-refractivity contribution in [3.05, 3.63) is 134 Å². The average molecular weight is 594 g/mol. The van der Waals surface area contributed by atoms with Gasteiger partial charge in [0.05, 0.1) is 0 Å². The van der Waals surface area contributed by atoms with Crippen LogP contribution in [0.2, 0.25) is 0 Å². The van der Waals surface area contributed by atoms with E-state index in [1.54, 1.807) is 72.8 Å². The van der Waals surface area contributed by atoms with E-state index >= 15 is 0 Å². The van der Waals surface area contributed by atoms with Crippen molar-refractivity contribution < 1.29 is 41.2 Å². The molecule has 0 atom stereocenters. The quantitative estimate of drug-likeness (QED) is 0.165. The Labute approximate surface area is 210 Å². The fourth-order valence-electron chi connectivity index (χ4n) is 2.17. The molecule has 4 aromatic carbocycles. The zero-order valence-corrected chi connectivity index (χ0v) is 22.2. The van der Waals surface area contributed by atoms with Crippen LogP contribution in [0.25, 0.3) is 0 Å². The van der Waals surface area contributed by atoms with E-state index in [-0.39, 0.29) is 31.3 Å². The van der Waals surface area contributed by atoms with Crippen LogP contribution in [-0.2, 0) is 31.3 Å². The second-order valence-electron chi connectivity index (χ2n) is 7.26. The summed E-state index contributed by atoms with van der Waals surface area (Å²) in [5.74, 6) is 0.965. The van der Waals surface area contributed by atoms with Crippen LogP contribution in [0.1, 0.15) is 19.4 Å². The Hall–Kier alpha value is -2.85. The Bertz CT molecular complexity index is 835. The van der Waals surface area contributed by atoms with Gasteiger partial charge >= 0.3 is 0 Å². The zero-order chi connectivity index (χ0) is 23.0. The van der Waals surface area contributed by atoms with E-state index < -0.39 is 0 Å². The fourth-order valence-corrected chi connectivity index (χ4v) is 2.17. The van der Waals surface area contributed by atoms with Gasteiger partial charge in [-0.3, -0.25) is 0 Å². The first-order valence-corrected chi connectivity index (χ1v) is 9.92. The summed E-state index contributed by atoms with van der Waals surface area (Å²) in [6.45, 7) is 8.27. The zero-order valence-electron chi connectivity index (χ0n) is 18.6. The van der Waals surface area contributed by atoms with Gasteiger partial charge in [0.1, 0.15) is 17.2 Å². The predicted octanol–water partition coefficient (Wildman–Crippen LogP) is 6.97. The van der Waals surface area contributed by atoms with Crippen LogP contribution in [-0.4, -0.2) is 15.3 Å². The van der Waals surface area contributed by atoms with E-state index in [1.807, 2.05) is 36.4 Å². The second-order valence-corrected chi connectivity index (χ2v) is 7.26. The molecule has 0 amide bonds. The predicted molar refractivity (Wildman–Crippen MR) is 129 cm³/mol. The maximum Gasteiger partial charge on any atom is 0.115 e. The van der Waals surface area contributed by atoms with Crippen molar-refractivity contribution in [1.29, 1.82) is 0 Å². The third-order valence-corrected chi connectivity index (χ3v) is 3.82. The van der Waals surface area contributed by atoms with E-state index in [9.17, 15) is 0 Å². The molecule has 4 rings (SSSR count). The monoisotopic (exact) mass is 595 g/mol. The maximum atomic E-state index is 8.63. The molecule has 4 heteroatoms. The van der Waals surface area contributed by atoms with Gasteiger partial charge in [0.2, 0.25) is 0 Å². The van der Waals surface area contributed by atoms with Crippen LogP contribution >= 0.6 is 0 Å². The molecule has 0 radical (unpaired) electrons. The van der Waals surface area contributed by atoms with Gasteiger partial charge in [0, 0.05) is 25.8 Å². The van der Waals surface area contributed by atoms with Gasteiger partial charge in [-0.05, 0) is 36.4 Å². The smallest absolute Gasteiger partial charge is 0.115 e. The summed E-state index contributed by atoms with van der Waals surface area (Å²) in [4.78, 5) is 0. The molecule has 3 N–H and O–H groups in total. The first kappa shape index (κ1) is 29.2. The average Bonchev–Trinajstić information content (AvgIpc) is 2.77. The number of rotatable bonds is 1. The number of hydrogen-bond donors (Lipinski definition) is 3. The molecule has 0 unspecified atom stereocenters. The Kier molecular flexibility index (Phi) is 15.3. The molecule has 0 bridgehead atoms. The molecular weight excluding hydrogens is 563 g/mol. The Balaban J connectivity index is 0.000000401. The summed E-state index contributed by atoms with van der Waals surface area (Å²) in [6.07, 6.45) is 0. The van der Waals surface area contributed by atoms with Gasteiger partial charge in [-0.2, -0.15) is 0 Å². The number of benzene rings is 4. The van der Waals surface area contributed by atoms with Crippen molar-refractivity contribution in [3.63, 3.8) is 0 Å². The molecule has 166 valence electrons. The van der Waals surface area contributed by atoms with Crippen LogP contribution in [0.15, 0.2) is 121 Å². The SMILES string of the molecule is Oc1ccccc1.Oc1ccccc1.Oc1ccccc1.[CH2-]C(C)(C)c1ccccc1.[Hf]. The summed E-state index contributed by atoms with van der Waals surface area (Å²) in [5.41, 5.74) is 1.33. The minimum Gasteiger partial charge on any atom is -0.508 e. The van der Waals surface area contributed by atoms with E-state index in [1.165, 1.54) is 5.56 Å². The van der Waals surface area contributed by atoms with Crippen LogP contribution < -0.4 is 0 Å². The molecule has 32 heavy (non-hydrogen) atoms. The molecule has 0 aliphatic carbocycles. The molecule has 0 saturated heterocycles. The van der Waals surface area contributed by atoms with E-state index in [0.29, 0.717) is 17.2 Å². The molecule has 0 heterocycles. The van der Waals surface area contributed by atoms with Gasteiger partial charge in [-0.1, -0.05) is 104 Å². The molecule has 0 spiro atoms. The van der Waals surface area contributed by atoms with Gasteiger partial charge in [0.15, 0.2) is 0 Å². The molecule has 0 aliphatic rings. The first-order chi connectivity index (χ1) is 14.8. The van der Waals surface area contributed by atoms with E-state index in [2.05, 4.69) is 32.9 Å². The largest absolute Gasteiger partial charge is 0.508 e. The molecule has 0 saturated carbocycles. The molecule has 4 aromatic rings. The summed E-state index contributed by atoms with van der Waals surface area (Å²) in [7, 11) is 0. The van der Waals surface area contributed by atoms with E-state index in [4.69, 9.17) is 15.3 Å². The van der Waals surface area contributed by atoms with Crippen molar-refractivity contribution in [1.82, 2.24) is 0 Å². The van der Waals surface area contributed by atoms with Crippen molar-refractivity contribution in [2.45, 2.75) is 19.3 Å². The third kappa shape index (κ3) is 15.0. The van der Waals surface area contributed by atoms with Crippen LogP contribution in [0, 0.1) is 6.92 Å². The first-order valence-electron chi connectivity index (χ1n) is 9.92. The third-order valence-electron chi connectivity index (χ3n) is 3.82.